The van der Waals surface area contributed by atoms with E-state index in [0.717, 1.165) is 0 Å². The number of aromatic nitrogens is 1. The summed E-state index contributed by atoms with van der Waals surface area (Å²) in [5, 5.41) is 6.56. The number of amides is 1. The number of ketones is 1. The molecule has 8 nitrogen and oxygen atoms in total. The number of rotatable bonds is 5. The molecule has 1 amide bonds. The number of carbonyl (C=O) groups is 2. The number of hydrogen-bond donors (Lipinski definition) is 1. The number of piperidine rings is 1. The van der Waals surface area contributed by atoms with Gasteiger partial charge < -0.3 is 19.3 Å². The lowest BCUT2D eigenvalue weighted by molar-refractivity contribution is -0.121. The fourth-order valence-corrected chi connectivity index (χ4v) is 3.80. The predicted octanol–water partition coefficient (Wildman–Crippen LogP) is 2.68. The Kier molecular flexibility index (Phi) is 5.53. The van der Waals surface area contributed by atoms with Crippen LogP contribution in [0.5, 0.6) is 11.5 Å². The van der Waals surface area contributed by atoms with Crippen molar-refractivity contribution in [1.82, 2.24) is 10.1 Å². The highest BCUT2D eigenvalue weighted by atomic mass is 16.6. The van der Waals surface area contributed by atoms with Crippen LogP contribution >= 0.6 is 0 Å². The van der Waals surface area contributed by atoms with Crippen LogP contribution in [0.15, 0.2) is 28.8 Å². The molecule has 1 aromatic heterocycles. The van der Waals surface area contributed by atoms with Gasteiger partial charge in [0.2, 0.25) is 5.91 Å². The van der Waals surface area contributed by atoms with Crippen molar-refractivity contribution in [3.8, 4) is 11.5 Å². The molecule has 8 heteroatoms. The molecule has 2 aliphatic rings. The lowest BCUT2D eigenvalue weighted by Crippen LogP contribution is -2.47. The molecule has 1 aromatic carbocycles. The molecule has 1 saturated heterocycles. The fraction of sp³-hybridized carbons (Fsp3) is 0.476. The molecular weight excluding hydrogens is 374 g/mol. The van der Waals surface area contributed by atoms with Gasteiger partial charge in [0.25, 0.3) is 0 Å². The number of benzene rings is 1. The molecule has 1 fully saturated rings. The molecular formula is C21H25N3O5. The summed E-state index contributed by atoms with van der Waals surface area (Å²) in [5.41, 5.74) is 0.653. The van der Waals surface area contributed by atoms with Crippen LogP contribution in [0.2, 0.25) is 0 Å². The van der Waals surface area contributed by atoms with E-state index in [1.54, 1.807) is 31.2 Å². The molecule has 0 saturated carbocycles. The van der Waals surface area contributed by atoms with Crippen LogP contribution in [-0.2, 0) is 4.79 Å². The lowest BCUT2D eigenvalue weighted by Gasteiger charge is -2.34. The Morgan fingerprint density at radius 1 is 1.14 bits per heavy atom. The first-order valence-electron chi connectivity index (χ1n) is 9.93. The van der Waals surface area contributed by atoms with E-state index in [2.05, 4.69) is 15.4 Å². The van der Waals surface area contributed by atoms with Crippen LogP contribution in [0.1, 0.15) is 35.9 Å². The number of hydrogen-bond acceptors (Lipinski definition) is 7. The van der Waals surface area contributed by atoms with Gasteiger partial charge in [0.1, 0.15) is 19.0 Å². The fourth-order valence-electron chi connectivity index (χ4n) is 3.80. The average molecular weight is 399 g/mol. The predicted molar refractivity (Wildman–Crippen MR) is 105 cm³/mol. The minimum atomic E-state index is -0.308. The maximum absolute atomic E-state index is 12.9. The maximum Gasteiger partial charge on any atom is 0.242 e. The minimum Gasteiger partial charge on any atom is -0.486 e. The van der Waals surface area contributed by atoms with E-state index >= 15 is 0 Å². The number of anilines is 1. The van der Waals surface area contributed by atoms with Gasteiger partial charge in [-0.2, -0.15) is 0 Å². The highest BCUT2D eigenvalue weighted by Crippen LogP contribution is 2.32. The second kappa shape index (κ2) is 8.24. The molecule has 0 aliphatic carbocycles. The molecule has 1 N–H and O–H groups in total. The summed E-state index contributed by atoms with van der Waals surface area (Å²) in [5.74, 6) is 2.32. The van der Waals surface area contributed by atoms with Gasteiger partial charge in [0, 0.05) is 17.5 Å². The summed E-state index contributed by atoms with van der Waals surface area (Å²) in [7, 11) is 0. The summed E-state index contributed by atoms with van der Waals surface area (Å²) in [6.45, 7) is 6.04. The average Bonchev–Trinajstić information content (AvgIpc) is 3.16. The summed E-state index contributed by atoms with van der Waals surface area (Å²) >= 11 is 0. The lowest BCUT2D eigenvalue weighted by atomic mass is 9.88. The van der Waals surface area contributed by atoms with E-state index in [4.69, 9.17) is 14.0 Å². The number of fused-ring (bicyclic) bond motifs is 1. The summed E-state index contributed by atoms with van der Waals surface area (Å²) in [6.07, 6.45) is 1.43. The number of nitrogens with zero attached hydrogens (tertiary/aromatic N) is 2. The van der Waals surface area contributed by atoms with E-state index in [0.29, 0.717) is 67.8 Å². The molecule has 0 spiro atoms. The van der Waals surface area contributed by atoms with Crippen molar-refractivity contribution in [1.29, 1.82) is 0 Å². The largest absolute Gasteiger partial charge is 0.486 e. The maximum atomic E-state index is 12.9. The van der Waals surface area contributed by atoms with Crippen LogP contribution in [0, 0.1) is 12.8 Å². The van der Waals surface area contributed by atoms with E-state index in [1.807, 2.05) is 6.92 Å². The molecule has 154 valence electrons. The zero-order valence-electron chi connectivity index (χ0n) is 16.6. The number of nitrogens with one attached hydrogen (secondary N) is 1. The van der Waals surface area contributed by atoms with Crippen LogP contribution < -0.4 is 14.8 Å². The summed E-state index contributed by atoms with van der Waals surface area (Å²) in [4.78, 5) is 27.5. The summed E-state index contributed by atoms with van der Waals surface area (Å²) in [6, 6.07) is 6.76. The van der Waals surface area contributed by atoms with E-state index in [-0.39, 0.29) is 23.7 Å². The van der Waals surface area contributed by atoms with Gasteiger partial charge >= 0.3 is 0 Å². The van der Waals surface area contributed by atoms with Crippen molar-refractivity contribution >= 4 is 17.5 Å². The van der Waals surface area contributed by atoms with Crippen molar-refractivity contribution in [2.24, 2.45) is 5.92 Å². The molecule has 29 heavy (non-hydrogen) atoms. The van der Waals surface area contributed by atoms with Crippen LogP contribution in [0.25, 0.3) is 0 Å². The number of likely N-dealkylation sites (tertiary alicyclic amines) is 1. The van der Waals surface area contributed by atoms with Crippen LogP contribution in [0.4, 0.5) is 5.82 Å². The van der Waals surface area contributed by atoms with Crippen LogP contribution in [0.3, 0.4) is 0 Å². The number of ether oxygens (including phenoxy) is 2. The third-order valence-electron chi connectivity index (χ3n) is 5.53. The standard InChI is InChI=1S/C21H25N3O5/c1-13-11-19(23-29-13)22-21(26)14(2)24-7-5-15(6-8-24)20(25)16-3-4-17-18(12-16)28-10-9-27-17/h3-4,11-12,14-15H,5-10H2,1-2H3,(H,22,23,26). The molecule has 2 aliphatic heterocycles. The topological polar surface area (TPSA) is 93.9 Å². The molecule has 4 rings (SSSR count). The Morgan fingerprint density at radius 3 is 2.55 bits per heavy atom. The van der Waals surface area contributed by atoms with Gasteiger partial charge in [-0.15, -0.1) is 0 Å². The van der Waals surface area contributed by atoms with E-state index in [9.17, 15) is 9.59 Å². The molecule has 1 unspecified atom stereocenters. The Balaban J connectivity index is 1.32. The number of aryl methyl sites for hydroxylation is 1. The van der Waals surface area contributed by atoms with Gasteiger partial charge in [-0.1, -0.05) is 5.16 Å². The Morgan fingerprint density at radius 2 is 1.86 bits per heavy atom. The number of carbonyl (C=O) groups excluding carboxylic acids is 2. The minimum absolute atomic E-state index is 0.0535. The van der Waals surface area contributed by atoms with Crippen LogP contribution in [-0.4, -0.2) is 54.1 Å². The van der Waals surface area contributed by atoms with E-state index in [1.165, 1.54) is 0 Å². The van der Waals surface area contributed by atoms with Gasteiger partial charge in [-0.05, 0) is 58.0 Å². The molecule has 1 atom stereocenters. The smallest absolute Gasteiger partial charge is 0.242 e. The van der Waals surface area contributed by atoms with Gasteiger partial charge in [0.15, 0.2) is 23.1 Å². The van der Waals surface area contributed by atoms with Gasteiger partial charge in [-0.25, -0.2) is 0 Å². The molecule has 0 radical (unpaired) electrons. The van der Waals surface area contributed by atoms with E-state index < -0.39 is 0 Å². The first kappa shape index (κ1) is 19.4. The van der Waals surface area contributed by atoms with Crippen molar-refractivity contribution in [2.45, 2.75) is 32.7 Å². The molecule has 0 bridgehead atoms. The highest BCUT2D eigenvalue weighted by molar-refractivity contribution is 5.98. The summed E-state index contributed by atoms with van der Waals surface area (Å²) < 4.78 is 16.1. The zero-order chi connectivity index (χ0) is 20.4. The third kappa shape index (κ3) is 4.27. The monoisotopic (exact) mass is 399 g/mol. The van der Waals surface area contributed by atoms with Crippen molar-refractivity contribution in [3.63, 3.8) is 0 Å². The highest BCUT2D eigenvalue weighted by Gasteiger charge is 2.31. The first-order chi connectivity index (χ1) is 14.0. The Hall–Kier alpha value is -2.87. The Bertz CT molecular complexity index is 901. The Labute approximate surface area is 169 Å². The van der Waals surface area contributed by atoms with Crippen molar-refractivity contribution in [2.75, 3.05) is 31.6 Å². The second-order valence-electron chi connectivity index (χ2n) is 7.52. The van der Waals surface area contributed by atoms with Gasteiger partial charge in [-0.3, -0.25) is 14.5 Å². The SMILES string of the molecule is Cc1cc(NC(=O)C(C)N2CCC(C(=O)c3ccc4c(c3)OCCO4)CC2)no1. The molecule has 3 heterocycles. The number of Topliss-reactive ketones (excluding diaryl/α,β-unsaturated/α-hetero) is 1. The van der Waals surface area contributed by atoms with Gasteiger partial charge in [0.05, 0.1) is 6.04 Å². The van der Waals surface area contributed by atoms with Crippen molar-refractivity contribution < 1.29 is 23.6 Å². The van der Waals surface area contributed by atoms with Crippen molar-refractivity contribution in [3.05, 3.63) is 35.6 Å². The quantitative estimate of drug-likeness (QED) is 0.773. The third-order valence-corrected chi connectivity index (χ3v) is 5.53. The zero-order valence-corrected chi connectivity index (χ0v) is 16.6. The second-order valence-corrected chi connectivity index (χ2v) is 7.52. The first-order valence-corrected chi connectivity index (χ1v) is 9.93. The molecule has 2 aromatic rings. The normalized spacial score (nSPS) is 18.3.